The number of nitrogens with zero attached hydrogens (tertiary/aromatic N) is 1. The minimum atomic E-state index is -0.160. The first-order valence-corrected chi connectivity index (χ1v) is 4.82. The summed E-state index contributed by atoms with van der Waals surface area (Å²) < 4.78 is 0. The van der Waals surface area contributed by atoms with Crippen LogP contribution in [0.2, 0.25) is 0 Å². The lowest BCUT2D eigenvalue weighted by Gasteiger charge is -2.04. The molecule has 1 aromatic carbocycles. The zero-order valence-electron chi connectivity index (χ0n) is 8.55. The van der Waals surface area contributed by atoms with E-state index in [-0.39, 0.29) is 5.91 Å². The van der Waals surface area contributed by atoms with Gasteiger partial charge < -0.3 is 11.1 Å². The summed E-state index contributed by atoms with van der Waals surface area (Å²) in [4.78, 5) is 15.6. The lowest BCUT2D eigenvalue weighted by Crippen LogP contribution is -2.11. The third-order valence-corrected chi connectivity index (χ3v) is 2.11. The highest BCUT2D eigenvalue weighted by molar-refractivity contribution is 6.04. The Morgan fingerprint density at radius 2 is 1.69 bits per heavy atom. The van der Waals surface area contributed by atoms with Crippen LogP contribution in [0.15, 0.2) is 48.8 Å². The molecule has 0 aliphatic carbocycles. The quantitative estimate of drug-likeness (QED) is 0.749. The van der Waals surface area contributed by atoms with Crippen LogP contribution in [0.5, 0.6) is 0 Å². The topological polar surface area (TPSA) is 68.0 Å². The van der Waals surface area contributed by atoms with Gasteiger partial charge in [-0.05, 0) is 36.4 Å². The molecule has 2 aromatic rings. The van der Waals surface area contributed by atoms with E-state index < -0.39 is 0 Å². The Bertz CT molecular complexity index is 479. The summed E-state index contributed by atoms with van der Waals surface area (Å²) in [5, 5.41) is 2.76. The van der Waals surface area contributed by atoms with Gasteiger partial charge in [0.25, 0.3) is 5.91 Å². The van der Waals surface area contributed by atoms with Crippen molar-refractivity contribution in [1.82, 2.24) is 4.98 Å². The molecule has 4 nitrogen and oxygen atoms in total. The largest absolute Gasteiger partial charge is 0.399 e. The van der Waals surface area contributed by atoms with Gasteiger partial charge in [0.1, 0.15) is 0 Å². The highest BCUT2D eigenvalue weighted by Gasteiger charge is 2.04. The summed E-state index contributed by atoms with van der Waals surface area (Å²) >= 11 is 0. The maximum Gasteiger partial charge on any atom is 0.255 e. The number of nitrogen functional groups attached to an aromatic ring is 1. The molecule has 1 amide bonds. The Kier molecular flexibility index (Phi) is 2.82. The van der Waals surface area contributed by atoms with Gasteiger partial charge in [-0.1, -0.05) is 0 Å². The Morgan fingerprint density at radius 3 is 2.31 bits per heavy atom. The Morgan fingerprint density at radius 1 is 1.06 bits per heavy atom. The molecular formula is C12H11N3O. The molecular weight excluding hydrogens is 202 g/mol. The van der Waals surface area contributed by atoms with E-state index in [1.165, 1.54) is 0 Å². The van der Waals surface area contributed by atoms with Crippen molar-refractivity contribution in [3.8, 4) is 0 Å². The fourth-order valence-corrected chi connectivity index (χ4v) is 1.27. The number of hydrogen-bond donors (Lipinski definition) is 2. The molecule has 0 atom stereocenters. The summed E-state index contributed by atoms with van der Waals surface area (Å²) in [5.74, 6) is -0.160. The molecule has 0 spiro atoms. The van der Waals surface area contributed by atoms with Crippen molar-refractivity contribution in [3.05, 3.63) is 54.4 Å². The van der Waals surface area contributed by atoms with E-state index in [9.17, 15) is 4.79 Å². The molecule has 0 aliphatic heterocycles. The molecule has 3 N–H and O–H groups in total. The Labute approximate surface area is 93.1 Å². The number of hydrogen-bond acceptors (Lipinski definition) is 3. The Hall–Kier alpha value is -2.36. The number of pyridine rings is 1. The van der Waals surface area contributed by atoms with Crippen LogP contribution in [-0.4, -0.2) is 10.9 Å². The fourth-order valence-electron chi connectivity index (χ4n) is 1.27. The van der Waals surface area contributed by atoms with Crippen LogP contribution in [0.1, 0.15) is 10.4 Å². The summed E-state index contributed by atoms with van der Waals surface area (Å²) in [7, 11) is 0. The monoisotopic (exact) mass is 213 g/mol. The second-order valence-corrected chi connectivity index (χ2v) is 3.31. The number of carbonyl (C=O) groups is 1. The van der Waals surface area contributed by atoms with Crippen LogP contribution in [-0.2, 0) is 0 Å². The zero-order chi connectivity index (χ0) is 11.4. The normalized spacial score (nSPS) is 9.75. The van der Waals surface area contributed by atoms with Crippen LogP contribution >= 0.6 is 0 Å². The van der Waals surface area contributed by atoms with E-state index in [1.54, 1.807) is 48.8 Å². The molecule has 1 heterocycles. The highest BCUT2D eigenvalue weighted by atomic mass is 16.1. The van der Waals surface area contributed by atoms with E-state index in [1.807, 2.05) is 0 Å². The van der Waals surface area contributed by atoms with Crippen molar-refractivity contribution >= 4 is 17.3 Å². The van der Waals surface area contributed by atoms with Crippen LogP contribution < -0.4 is 11.1 Å². The van der Waals surface area contributed by atoms with E-state index >= 15 is 0 Å². The van der Waals surface area contributed by atoms with E-state index in [0.29, 0.717) is 11.3 Å². The molecule has 80 valence electrons. The van der Waals surface area contributed by atoms with Crippen LogP contribution in [0.3, 0.4) is 0 Å². The minimum Gasteiger partial charge on any atom is -0.399 e. The maximum absolute atomic E-state index is 11.7. The van der Waals surface area contributed by atoms with Crippen molar-refractivity contribution in [2.75, 3.05) is 11.1 Å². The van der Waals surface area contributed by atoms with Crippen LogP contribution in [0, 0.1) is 0 Å². The number of carbonyl (C=O) groups excluding carboxylic acids is 1. The van der Waals surface area contributed by atoms with Gasteiger partial charge in [-0.15, -0.1) is 0 Å². The van der Waals surface area contributed by atoms with Gasteiger partial charge in [-0.3, -0.25) is 9.78 Å². The number of rotatable bonds is 2. The summed E-state index contributed by atoms with van der Waals surface area (Å²) in [6.45, 7) is 0. The first-order chi connectivity index (χ1) is 7.75. The van der Waals surface area contributed by atoms with Gasteiger partial charge in [0.2, 0.25) is 0 Å². The predicted octanol–water partition coefficient (Wildman–Crippen LogP) is 1.92. The van der Waals surface area contributed by atoms with Gasteiger partial charge in [0, 0.05) is 29.3 Å². The van der Waals surface area contributed by atoms with Gasteiger partial charge in [-0.2, -0.15) is 0 Å². The number of anilines is 2. The van der Waals surface area contributed by atoms with E-state index in [0.717, 1.165) is 5.69 Å². The first kappa shape index (κ1) is 10.2. The molecule has 0 radical (unpaired) electrons. The smallest absolute Gasteiger partial charge is 0.255 e. The Balaban J connectivity index is 2.11. The van der Waals surface area contributed by atoms with Gasteiger partial charge >= 0.3 is 0 Å². The average molecular weight is 213 g/mol. The second kappa shape index (κ2) is 4.44. The average Bonchev–Trinajstić information content (AvgIpc) is 2.33. The number of nitrogens with two attached hydrogens (primary N) is 1. The molecule has 0 unspecified atom stereocenters. The summed E-state index contributed by atoms with van der Waals surface area (Å²) in [6, 6.07) is 10.3. The molecule has 0 bridgehead atoms. The van der Waals surface area contributed by atoms with Gasteiger partial charge in [-0.25, -0.2) is 0 Å². The fraction of sp³-hybridized carbons (Fsp3) is 0. The minimum absolute atomic E-state index is 0.160. The van der Waals surface area contributed by atoms with Crippen molar-refractivity contribution in [2.24, 2.45) is 0 Å². The highest BCUT2D eigenvalue weighted by Crippen LogP contribution is 2.11. The maximum atomic E-state index is 11.7. The zero-order valence-corrected chi connectivity index (χ0v) is 8.55. The molecule has 2 rings (SSSR count). The van der Waals surface area contributed by atoms with Gasteiger partial charge in [0.15, 0.2) is 0 Å². The molecule has 4 heteroatoms. The molecule has 0 saturated heterocycles. The number of aromatic nitrogens is 1. The van der Waals surface area contributed by atoms with E-state index in [4.69, 9.17) is 5.73 Å². The van der Waals surface area contributed by atoms with Crippen LogP contribution in [0.25, 0.3) is 0 Å². The number of nitrogens with one attached hydrogen (secondary N) is 1. The predicted molar refractivity (Wildman–Crippen MR) is 63.0 cm³/mol. The standard InChI is InChI=1S/C12H11N3O/c13-10-1-3-11(4-2-10)15-12(16)9-5-7-14-8-6-9/h1-8H,13H2,(H,15,16). The molecule has 0 aliphatic rings. The van der Waals surface area contributed by atoms with Gasteiger partial charge in [0.05, 0.1) is 0 Å². The molecule has 1 aromatic heterocycles. The SMILES string of the molecule is Nc1ccc(NC(=O)c2ccncc2)cc1. The molecule has 16 heavy (non-hydrogen) atoms. The van der Waals surface area contributed by atoms with Crippen molar-refractivity contribution in [1.29, 1.82) is 0 Å². The lowest BCUT2D eigenvalue weighted by molar-refractivity contribution is 0.102. The van der Waals surface area contributed by atoms with Crippen molar-refractivity contribution < 1.29 is 4.79 Å². The second-order valence-electron chi connectivity index (χ2n) is 3.31. The summed E-state index contributed by atoms with van der Waals surface area (Å²) in [5.41, 5.74) is 7.51. The summed E-state index contributed by atoms with van der Waals surface area (Å²) in [6.07, 6.45) is 3.16. The third-order valence-electron chi connectivity index (χ3n) is 2.11. The first-order valence-electron chi connectivity index (χ1n) is 4.82. The number of amides is 1. The lowest BCUT2D eigenvalue weighted by atomic mass is 10.2. The molecule has 0 fully saturated rings. The van der Waals surface area contributed by atoms with Crippen LogP contribution in [0.4, 0.5) is 11.4 Å². The third kappa shape index (κ3) is 2.36. The number of benzene rings is 1. The van der Waals surface area contributed by atoms with E-state index in [2.05, 4.69) is 10.3 Å². The molecule has 0 saturated carbocycles. The van der Waals surface area contributed by atoms with Crippen molar-refractivity contribution in [3.63, 3.8) is 0 Å². The van der Waals surface area contributed by atoms with Crippen molar-refractivity contribution in [2.45, 2.75) is 0 Å².